The van der Waals surface area contributed by atoms with E-state index in [-0.39, 0.29) is 17.7 Å². The van der Waals surface area contributed by atoms with Crippen molar-refractivity contribution in [3.8, 4) is 5.75 Å². The Morgan fingerprint density at radius 3 is 2.57 bits per heavy atom. The highest BCUT2D eigenvalue weighted by Gasteiger charge is 2.22. The van der Waals surface area contributed by atoms with Crippen molar-refractivity contribution in [2.45, 2.75) is 51.5 Å². The molecule has 1 aliphatic rings. The lowest BCUT2D eigenvalue weighted by Gasteiger charge is -2.26. The summed E-state index contributed by atoms with van der Waals surface area (Å²) in [7, 11) is 0. The fourth-order valence-corrected chi connectivity index (χ4v) is 3.06. The molecule has 0 aromatic heterocycles. The second kappa shape index (κ2) is 7.85. The predicted octanol–water partition coefficient (Wildman–Crippen LogP) is 2.56. The van der Waals surface area contributed by atoms with Gasteiger partial charge < -0.3 is 20.9 Å². The van der Waals surface area contributed by atoms with Gasteiger partial charge in [-0.3, -0.25) is 4.79 Å². The Labute approximate surface area is 136 Å². The van der Waals surface area contributed by atoms with Crippen LogP contribution in [-0.4, -0.2) is 29.6 Å². The molecule has 0 aliphatic heterocycles. The van der Waals surface area contributed by atoms with Crippen molar-refractivity contribution in [2.75, 3.05) is 11.9 Å². The maximum Gasteiger partial charge on any atom is 0.339 e. The van der Waals surface area contributed by atoms with Crippen LogP contribution in [0.1, 0.15) is 54.9 Å². The Hall–Kier alpha value is -2.24. The fourth-order valence-electron chi connectivity index (χ4n) is 3.06. The van der Waals surface area contributed by atoms with E-state index in [0.717, 1.165) is 18.5 Å². The summed E-state index contributed by atoms with van der Waals surface area (Å²) in [4.78, 5) is 22.9. The lowest BCUT2D eigenvalue weighted by molar-refractivity contribution is -0.117. The van der Waals surface area contributed by atoms with Gasteiger partial charge in [-0.25, -0.2) is 4.79 Å². The molecule has 4 N–H and O–H groups in total. The topological polar surface area (TPSA) is 102 Å². The molecule has 0 bridgehead atoms. The summed E-state index contributed by atoms with van der Waals surface area (Å²) in [5, 5.41) is 12.8. The van der Waals surface area contributed by atoms with Crippen molar-refractivity contribution in [1.82, 2.24) is 0 Å². The second-order valence-corrected chi connectivity index (χ2v) is 5.83. The molecule has 6 heteroatoms. The number of carbonyl (C=O) groups is 2. The van der Waals surface area contributed by atoms with E-state index in [1.807, 2.05) is 0 Å². The van der Waals surface area contributed by atoms with Crippen molar-refractivity contribution in [1.29, 1.82) is 0 Å². The number of carboxylic acid groups (broad SMARTS) is 1. The molecule has 1 aromatic rings. The van der Waals surface area contributed by atoms with Crippen LogP contribution in [0, 0.1) is 0 Å². The average Bonchev–Trinajstić information content (AvgIpc) is 2.51. The van der Waals surface area contributed by atoms with E-state index in [0.29, 0.717) is 18.2 Å². The van der Waals surface area contributed by atoms with Crippen LogP contribution in [0.25, 0.3) is 0 Å². The Kier molecular flexibility index (Phi) is 5.84. The molecule has 23 heavy (non-hydrogen) atoms. The Morgan fingerprint density at radius 1 is 1.30 bits per heavy atom. The molecule has 0 radical (unpaired) electrons. The van der Waals surface area contributed by atoms with Crippen LogP contribution in [0.15, 0.2) is 12.1 Å². The number of aromatic carboxylic acids is 1. The summed E-state index contributed by atoms with van der Waals surface area (Å²) in [6.07, 6.45) is 5.68. The number of rotatable bonds is 7. The van der Waals surface area contributed by atoms with Gasteiger partial charge in [0.05, 0.1) is 13.0 Å². The quantitative estimate of drug-likeness (QED) is 0.716. The third-order valence-corrected chi connectivity index (χ3v) is 4.10. The van der Waals surface area contributed by atoms with Crippen LogP contribution in [0.2, 0.25) is 0 Å². The Morgan fingerprint density at radius 2 is 2.00 bits per heavy atom. The van der Waals surface area contributed by atoms with E-state index in [9.17, 15) is 14.7 Å². The third kappa shape index (κ3) is 4.37. The van der Waals surface area contributed by atoms with Crippen molar-refractivity contribution in [3.05, 3.63) is 23.3 Å². The summed E-state index contributed by atoms with van der Waals surface area (Å²) < 4.78 is 5.53. The molecule has 1 aromatic carbocycles. The highest BCUT2D eigenvalue weighted by atomic mass is 16.5. The number of amides is 1. The van der Waals surface area contributed by atoms with Crippen molar-refractivity contribution in [2.24, 2.45) is 5.73 Å². The van der Waals surface area contributed by atoms with Gasteiger partial charge >= 0.3 is 5.97 Å². The lowest BCUT2D eigenvalue weighted by Crippen LogP contribution is -2.24. The Balaban J connectivity index is 2.40. The number of anilines is 1. The number of benzene rings is 1. The molecule has 0 unspecified atom stereocenters. The lowest BCUT2D eigenvalue weighted by atomic mass is 9.94. The molecule has 1 aliphatic carbocycles. The van der Waals surface area contributed by atoms with Gasteiger partial charge in [0.2, 0.25) is 5.91 Å². The van der Waals surface area contributed by atoms with E-state index in [2.05, 4.69) is 5.32 Å². The van der Waals surface area contributed by atoms with Crippen LogP contribution in [0.3, 0.4) is 0 Å². The molecule has 1 fully saturated rings. The standard InChI is InChI=1S/C17H24N2O4/c1-2-23-16-12(17(21)22)8-9-14(13(16)10-15(18)20)19-11-6-4-3-5-7-11/h8-9,11,19H,2-7,10H2,1H3,(H2,18,20)(H,21,22). The van der Waals surface area contributed by atoms with Crippen LogP contribution in [0.4, 0.5) is 5.69 Å². The zero-order valence-corrected chi connectivity index (χ0v) is 13.4. The molecule has 126 valence electrons. The summed E-state index contributed by atoms with van der Waals surface area (Å²) in [6, 6.07) is 3.56. The smallest absolute Gasteiger partial charge is 0.339 e. The van der Waals surface area contributed by atoms with E-state index < -0.39 is 11.9 Å². The number of carbonyl (C=O) groups excluding carboxylic acids is 1. The minimum absolute atomic E-state index is 0.0501. The highest BCUT2D eigenvalue weighted by molar-refractivity contribution is 5.94. The van der Waals surface area contributed by atoms with E-state index in [1.165, 1.54) is 25.3 Å². The van der Waals surface area contributed by atoms with E-state index in [4.69, 9.17) is 10.5 Å². The maximum absolute atomic E-state index is 11.4. The summed E-state index contributed by atoms with van der Waals surface area (Å²) in [6.45, 7) is 2.10. The van der Waals surface area contributed by atoms with Gasteiger partial charge in [0.15, 0.2) is 0 Å². The van der Waals surface area contributed by atoms with Gasteiger partial charge in [0.25, 0.3) is 0 Å². The molecule has 0 saturated heterocycles. The van der Waals surface area contributed by atoms with Gasteiger partial charge in [-0.2, -0.15) is 0 Å². The van der Waals surface area contributed by atoms with Crippen molar-refractivity contribution >= 4 is 17.6 Å². The molecule has 0 heterocycles. The van der Waals surface area contributed by atoms with Gasteiger partial charge in [-0.15, -0.1) is 0 Å². The van der Waals surface area contributed by atoms with Crippen molar-refractivity contribution < 1.29 is 19.4 Å². The first kappa shape index (κ1) is 17.1. The summed E-state index contributed by atoms with van der Waals surface area (Å²) in [5.74, 6) is -1.36. The number of carboxylic acids is 1. The number of hydrogen-bond acceptors (Lipinski definition) is 4. The number of hydrogen-bond donors (Lipinski definition) is 3. The molecule has 6 nitrogen and oxygen atoms in total. The summed E-state index contributed by atoms with van der Waals surface area (Å²) in [5.41, 5.74) is 6.67. The monoisotopic (exact) mass is 320 g/mol. The second-order valence-electron chi connectivity index (χ2n) is 5.83. The molecular weight excluding hydrogens is 296 g/mol. The van der Waals surface area contributed by atoms with E-state index >= 15 is 0 Å². The first-order chi connectivity index (χ1) is 11.0. The van der Waals surface area contributed by atoms with Crippen LogP contribution in [0.5, 0.6) is 5.75 Å². The van der Waals surface area contributed by atoms with Gasteiger partial charge in [-0.05, 0) is 31.9 Å². The zero-order chi connectivity index (χ0) is 16.8. The molecule has 1 saturated carbocycles. The first-order valence-corrected chi connectivity index (χ1v) is 8.09. The predicted molar refractivity (Wildman–Crippen MR) is 88.0 cm³/mol. The van der Waals surface area contributed by atoms with Crippen LogP contribution in [-0.2, 0) is 11.2 Å². The van der Waals surface area contributed by atoms with Crippen LogP contribution < -0.4 is 15.8 Å². The Bertz CT molecular complexity index is 580. The average molecular weight is 320 g/mol. The van der Waals surface area contributed by atoms with Crippen molar-refractivity contribution in [3.63, 3.8) is 0 Å². The van der Waals surface area contributed by atoms with Crippen LogP contribution >= 0.6 is 0 Å². The fraction of sp³-hybridized carbons (Fsp3) is 0.529. The maximum atomic E-state index is 11.4. The normalized spacial score (nSPS) is 15.2. The number of nitrogens with two attached hydrogens (primary N) is 1. The minimum atomic E-state index is -1.08. The molecule has 0 atom stereocenters. The van der Waals surface area contributed by atoms with E-state index in [1.54, 1.807) is 13.0 Å². The SMILES string of the molecule is CCOc1c(C(=O)O)ccc(NC2CCCCC2)c1CC(N)=O. The molecular formula is C17H24N2O4. The third-order valence-electron chi connectivity index (χ3n) is 4.10. The zero-order valence-electron chi connectivity index (χ0n) is 13.4. The molecule has 0 spiro atoms. The highest BCUT2D eigenvalue weighted by Crippen LogP contribution is 2.33. The number of ether oxygens (including phenoxy) is 1. The minimum Gasteiger partial charge on any atom is -0.493 e. The number of nitrogens with one attached hydrogen (secondary N) is 1. The summed E-state index contributed by atoms with van der Waals surface area (Å²) >= 11 is 0. The first-order valence-electron chi connectivity index (χ1n) is 8.09. The molecule has 1 amide bonds. The van der Waals surface area contributed by atoms with Gasteiger partial charge in [-0.1, -0.05) is 19.3 Å². The largest absolute Gasteiger partial charge is 0.493 e. The van der Waals surface area contributed by atoms with Gasteiger partial charge in [0, 0.05) is 17.3 Å². The van der Waals surface area contributed by atoms with Gasteiger partial charge in [0.1, 0.15) is 11.3 Å². The number of primary amides is 1. The molecule has 2 rings (SSSR count).